The fourth-order valence-corrected chi connectivity index (χ4v) is 5.91. The monoisotopic (exact) mass is 604 g/mol. The molecule has 2 aromatic heterocycles. The maximum absolute atomic E-state index is 13.9. The summed E-state index contributed by atoms with van der Waals surface area (Å²) >= 11 is 7.77. The van der Waals surface area contributed by atoms with Gasteiger partial charge in [-0.05, 0) is 63.1 Å². The van der Waals surface area contributed by atoms with Gasteiger partial charge in [0.25, 0.3) is 5.56 Å². The van der Waals surface area contributed by atoms with Crippen LogP contribution in [-0.2, 0) is 14.3 Å². The van der Waals surface area contributed by atoms with Crippen LogP contribution in [0.15, 0.2) is 86.1 Å². The van der Waals surface area contributed by atoms with E-state index in [1.54, 1.807) is 81.4 Å². The van der Waals surface area contributed by atoms with E-state index >= 15 is 0 Å². The van der Waals surface area contributed by atoms with Crippen LogP contribution >= 0.6 is 22.9 Å². The molecule has 2 aromatic carbocycles. The van der Waals surface area contributed by atoms with Crippen LogP contribution in [-0.4, -0.2) is 29.2 Å². The van der Waals surface area contributed by atoms with Gasteiger partial charge in [0.15, 0.2) is 4.80 Å². The molecule has 0 aliphatic carbocycles. The molecule has 0 fully saturated rings. The average Bonchev–Trinajstić information content (AvgIpc) is 3.55. The number of carbonyl (C=O) groups excluding carboxylic acids is 2. The number of nitrogens with zero attached hydrogens (tertiary/aromatic N) is 2. The number of hydrogen-bond acceptors (Lipinski definition) is 8. The molecular formula is C32H29ClN2O6S. The van der Waals surface area contributed by atoms with Crippen molar-refractivity contribution in [3.05, 3.63) is 114 Å². The normalized spacial score (nSPS) is 15.0. The minimum Gasteiger partial charge on any atom is -0.462 e. The number of allylic oxidation sites excluding steroid dienone is 1. The Hall–Kier alpha value is -4.21. The summed E-state index contributed by atoms with van der Waals surface area (Å²) in [5.41, 5.74) is 2.09. The van der Waals surface area contributed by atoms with Gasteiger partial charge in [0.2, 0.25) is 0 Å². The number of benzene rings is 2. The number of carbonyl (C=O) groups is 2. The third-order valence-electron chi connectivity index (χ3n) is 6.50. The summed E-state index contributed by atoms with van der Waals surface area (Å²) in [6, 6.07) is 16.8. The number of rotatable bonds is 8. The Balaban J connectivity index is 1.56. The molecule has 1 aliphatic rings. The number of fused-ring (bicyclic) bond motifs is 1. The molecule has 5 rings (SSSR count). The molecule has 0 amide bonds. The van der Waals surface area contributed by atoms with E-state index in [0.29, 0.717) is 54.9 Å². The molecule has 42 heavy (non-hydrogen) atoms. The lowest BCUT2D eigenvalue weighted by Crippen LogP contribution is -2.40. The van der Waals surface area contributed by atoms with Crippen LogP contribution in [0.5, 0.6) is 0 Å². The zero-order valence-electron chi connectivity index (χ0n) is 23.5. The molecule has 216 valence electrons. The molecule has 4 aromatic rings. The Kier molecular flexibility index (Phi) is 8.61. The van der Waals surface area contributed by atoms with Crippen molar-refractivity contribution in [2.75, 3.05) is 6.61 Å². The van der Waals surface area contributed by atoms with Crippen LogP contribution in [0, 0.1) is 0 Å². The van der Waals surface area contributed by atoms with Crippen LogP contribution in [0.4, 0.5) is 0 Å². The number of hydrogen-bond donors (Lipinski definition) is 0. The van der Waals surface area contributed by atoms with Crippen molar-refractivity contribution in [3.63, 3.8) is 0 Å². The van der Waals surface area contributed by atoms with Crippen molar-refractivity contribution in [3.8, 4) is 11.3 Å². The highest BCUT2D eigenvalue weighted by molar-refractivity contribution is 7.07. The van der Waals surface area contributed by atoms with Gasteiger partial charge in [-0.15, -0.1) is 0 Å². The highest BCUT2D eigenvalue weighted by atomic mass is 35.5. The fourth-order valence-electron chi connectivity index (χ4n) is 4.64. The highest BCUT2D eigenvalue weighted by Gasteiger charge is 2.34. The zero-order valence-corrected chi connectivity index (χ0v) is 25.1. The lowest BCUT2D eigenvalue weighted by atomic mass is 9.96. The first-order chi connectivity index (χ1) is 20.2. The summed E-state index contributed by atoms with van der Waals surface area (Å²) in [6.07, 6.45) is 2.02. The lowest BCUT2D eigenvalue weighted by molar-refractivity contribution is -0.143. The number of furan rings is 1. The van der Waals surface area contributed by atoms with Crippen molar-refractivity contribution >= 4 is 41.0 Å². The smallest absolute Gasteiger partial charge is 0.338 e. The van der Waals surface area contributed by atoms with Gasteiger partial charge in [-0.25, -0.2) is 14.6 Å². The second-order valence-corrected chi connectivity index (χ2v) is 11.4. The van der Waals surface area contributed by atoms with Crippen LogP contribution in [0.3, 0.4) is 0 Å². The lowest BCUT2D eigenvalue weighted by Gasteiger charge is -2.26. The largest absolute Gasteiger partial charge is 0.462 e. The standard InChI is InChI=1S/C32H29ClN2O6S/c1-5-15-39-30(37)21-10-8-9-20(16-21)25-14-13-22(41-25)17-26-29(36)35-28(23-11-6-7-12-24(23)33)27(31(38)40-18(2)3)19(4)34-32(35)42-26/h6-14,16-18,28H,5,15H2,1-4H3. The van der Waals surface area contributed by atoms with Crippen molar-refractivity contribution < 1.29 is 23.5 Å². The van der Waals surface area contributed by atoms with Crippen molar-refractivity contribution in [2.45, 2.75) is 46.3 Å². The van der Waals surface area contributed by atoms with E-state index in [2.05, 4.69) is 4.99 Å². The molecule has 10 heteroatoms. The topological polar surface area (TPSA) is 100 Å². The Morgan fingerprint density at radius 2 is 1.90 bits per heavy atom. The quantitative estimate of drug-likeness (QED) is 0.240. The van der Waals surface area contributed by atoms with Gasteiger partial charge in [-0.3, -0.25) is 9.36 Å². The van der Waals surface area contributed by atoms with E-state index in [0.717, 1.165) is 6.42 Å². The molecule has 1 atom stereocenters. The van der Waals surface area contributed by atoms with E-state index < -0.39 is 18.0 Å². The summed E-state index contributed by atoms with van der Waals surface area (Å²) in [7, 11) is 0. The molecule has 1 unspecified atom stereocenters. The molecule has 0 radical (unpaired) electrons. The molecule has 0 saturated heterocycles. The van der Waals surface area contributed by atoms with E-state index in [9.17, 15) is 14.4 Å². The van der Waals surface area contributed by atoms with Crippen molar-refractivity contribution in [1.29, 1.82) is 0 Å². The van der Waals surface area contributed by atoms with Crippen LogP contribution in [0.1, 0.15) is 61.8 Å². The summed E-state index contributed by atoms with van der Waals surface area (Å²) < 4.78 is 18.7. The minimum absolute atomic E-state index is 0.258. The van der Waals surface area contributed by atoms with E-state index in [4.69, 9.17) is 25.5 Å². The first-order valence-corrected chi connectivity index (χ1v) is 14.7. The molecular weight excluding hydrogens is 576 g/mol. The summed E-state index contributed by atoms with van der Waals surface area (Å²) in [5, 5.41) is 0.415. The number of halogens is 1. The SMILES string of the molecule is CCCOC(=O)c1cccc(-c2ccc(C=c3sc4n(c3=O)C(c3ccccc3Cl)C(C(=O)OC(C)C)=C(C)N=4)o2)c1. The molecule has 0 saturated carbocycles. The Labute approximate surface area is 251 Å². The molecule has 0 bridgehead atoms. The van der Waals surface area contributed by atoms with Gasteiger partial charge >= 0.3 is 11.9 Å². The average molecular weight is 605 g/mol. The summed E-state index contributed by atoms with van der Waals surface area (Å²) in [4.78, 5) is 44.5. The van der Waals surface area contributed by atoms with Gasteiger partial charge in [0.05, 0.1) is 34.1 Å². The van der Waals surface area contributed by atoms with Gasteiger partial charge in [0, 0.05) is 16.7 Å². The van der Waals surface area contributed by atoms with Crippen LogP contribution in [0.2, 0.25) is 5.02 Å². The van der Waals surface area contributed by atoms with Crippen LogP contribution < -0.4 is 14.9 Å². The molecule has 3 heterocycles. The van der Waals surface area contributed by atoms with E-state index in [-0.39, 0.29) is 17.2 Å². The Morgan fingerprint density at radius 1 is 1.12 bits per heavy atom. The van der Waals surface area contributed by atoms with Crippen LogP contribution in [0.25, 0.3) is 17.4 Å². The Bertz CT molecular complexity index is 1880. The van der Waals surface area contributed by atoms with Crippen molar-refractivity contribution in [1.82, 2.24) is 4.57 Å². The molecule has 0 spiro atoms. The zero-order chi connectivity index (χ0) is 30.0. The van der Waals surface area contributed by atoms with E-state index in [1.165, 1.54) is 15.9 Å². The molecule has 0 N–H and O–H groups in total. The van der Waals surface area contributed by atoms with Gasteiger partial charge in [-0.1, -0.05) is 60.2 Å². The van der Waals surface area contributed by atoms with Gasteiger partial charge in [0.1, 0.15) is 17.6 Å². The Morgan fingerprint density at radius 3 is 2.64 bits per heavy atom. The highest BCUT2D eigenvalue weighted by Crippen LogP contribution is 2.34. The predicted octanol–water partition coefficient (Wildman–Crippen LogP) is 5.67. The van der Waals surface area contributed by atoms with Gasteiger partial charge < -0.3 is 13.9 Å². The number of thiazole rings is 1. The van der Waals surface area contributed by atoms with Gasteiger partial charge in [-0.2, -0.15) is 0 Å². The first-order valence-electron chi connectivity index (χ1n) is 13.5. The summed E-state index contributed by atoms with van der Waals surface area (Å²) in [5.74, 6) is 0.0230. The predicted molar refractivity (Wildman–Crippen MR) is 161 cm³/mol. The summed E-state index contributed by atoms with van der Waals surface area (Å²) in [6.45, 7) is 7.53. The third kappa shape index (κ3) is 5.89. The fraction of sp³-hybridized carbons (Fsp3) is 0.250. The molecule has 1 aliphatic heterocycles. The maximum Gasteiger partial charge on any atom is 0.338 e. The number of esters is 2. The van der Waals surface area contributed by atoms with E-state index in [1.807, 2.05) is 13.0 Å². The second kappa shape index (κ2) is 12.3. The molecule has 8 nitrogen and oxygen atoms in total. The maximum atomic E-state index is 13.9. The third-order valence-corrected chi connectivity index (χ3v) is 7.83. The minimum atomic E-state index is -0.814. The second-order valence-electron chi connectivity index (χ2n) is 9.98. The number of ether oxygens (including phenoxy) is 2. The number of aromatic nitrogens is 1. The first kappa shape index (κ1) is 29.3. The van der Waals surface area contributed by atoms with Crippen molar-refractivity contribution in [2.24, 2.45) is 4.99 Å².